The van der Waals surface area contributed by atoms with Crippen molar-refractivity contribution in [2.24, 2.45) is 0 Å². The standard InChI is InChI=1S/C26H24F4N4O3/c1-15-13-34(7-6-33(15)2)23-11-21(27)18(17-5-3-4-16(8-17)14-35)9-22(23)32-25(37)19-12-31-24(36)10-20(19)26(28,29)30/h3-5,8-12,14-15H,6-7,13H2,1-2H3,(H,31,36)(H,32,37)/t15-/m0/s1. The van der Waals surface area contributed by atoms with Crippen molar-refractivity contribution in [2.75, 3.05) is 36.9 Å². The van der Waals surface area contributed by atoms with Gasteiger partial charge in [0.25, 0.3) is 5.91 Å². The van der Waals surface area contributed by atoms with Crippen molar-refractivity contribution in [1.82, 2.24) is 9.88 Å². The van der Waals surface area contributed by atoms with Crippen molar-refractivity contribution in [1.29, 1.82) is 0 Å². The summed E-state index contributed by atoms with van der Waals surface area (Å²) in [5, 5.41) is 2.50. The fraction of sp³-hybridized carbons (Fsp3) is 0.269. The second kappa shape index (κ2) is 10.2. The molecule has 0 radical (unpaired) electrons. The molecule has 0 bridgehead atoms. The summed E-state index contributed by atoms with van der Waals surface area (Å²) < 4.78 is 56.1. The number of alkyl halides is 3. The van der Waals surface area contributed by atoms with E-state index >= 15 is 4.39 Å². The summed E-state index contributed by atoms with van der Waals surface area (Å²) in [4.78, 5) is 41.9. The number of H-pyrrole nitrogens is 1. The van der Waals surface area contributed by atoms with Crippen molar-refractivity contribution in [3.8, 4) is 11.1 Å². The number of hydrogen-bond acceptors (Lipinski definition) is 5. The molecule has 0 unspecified atom stereocenters. The molecule has 1 atom stereocenters. The Kier molecular flexibility index (Phi) is 7.17. The van der Waals surface area contributed by atoms with Crippen molar-refractivity contribution >= 4 is 23.6 Å². The molecular formula is C26H24F4N4O3. The third-order valence-corrected chi connectivity index (χ3v) is 6.44. The van der Waals surface area contributed by atoms with E-state index in [4.69, 9.17) is 0 Å². The van der Waals surface area contributed by atoms with Gasteiger partial charge in [-0.05, 0) is 37.7 Å². The van der Waals surface area contributed by atoms with Crippen LogP contribution in [0.2, 0.25) is 0 Å². The topological polar surface area (TPSA) is 85.5 Å². The van der Waals surface area contributed by atoms with Crippen molar-refractivity contribution in [2.45, 2.75) is 19.1 Å². The lowest BCUT2D eigenvalue weighted by Crippen LogP contribution is -2.50. The van der Waals surface area contributed by atoms with E-state index in [1.165, 1.54) is 18.2 Å². The van der Waals surface area contributed by atoms with Crippen LogP contribution in [-0.4, -0.2) is 54.8 Å². The highest BCUT2D eigenvalue weighted by Gasteiger charge is 2.36. The van der Waals surface area contributed by atoms with Crippen molar-refractivity contribution in [3.05, 3.63) is 81.5 Å². The second-order valence-electron chi connectivity index (χ2n) is 8.94. The van der Waals surface area contributed by atoms with Crippen LogP contribution in [-0.2, 0) is 6.18 Å². The zero-order valence-electron chi connectivity index (χ0n) is 20.0. The Bertz CT molecular complexity index is 1400. The molecule has 2 aromatic carbocycles. The van der Waals surface area contributed by atoms with E-state index in [1.54, 1.807) is 18.2 Å². The number of benzene rings is 2. The Morgan fingerprint density at radius 2 is 1.92 bits per heavy atom. The Labute approximate surface area is 209 Å². The lowest BCUT2D eigenvalue weighted by atomic mass is 10.0. The van der Waals surface area contributed by atoms with Crippen LogP contribution in [0.15, 0.2) is 53.5 Å². The molecule has 7 nitrogen and oxygen atoms in total. The summed E-state index contributed by atoms with van der Waals surface area (Å²) in [6.45, 7) is 3.62. The number of nitrogens with zero attached hydrogens (tertiary/aromatic N) is 2. The van der Waals surface area contributed by atoms with Crippen molar-refractivity contribution < 1.29 is 27.2 Å². The monoisotopic (exact) mass is 516 g/mol. The van der Waals surface area contributed by atoms with E-state index in [-0.39, 0.29) is 17.3 Å². The van der Waals surface area contributed by atoms with E-state index < -0.39 is 34.6 Å². The Morgan fingerprint density at radius 3 is 2.59 bits per heavy atom. The van der Waals surface area contributed by atoms with Gasteiger partial charge >= 0.3 is 6.18 Å². The number of carbonyl (C=O) groups is 2. The van der Waals surface area contributed by atoms with Gasteiger partial charge in [0.2, 0.25) is 5.56 Å². The zero-order valence-corrected chi connectivity index (χ0v) is 20.0. The molecule has 2 heterocycles. The molecule has 1 saturated heterocycles. The number of aromatic amines is 1. The van der Waals surface area contributed by atoms with Gasteiger partial charge < -0.3 is 20.1 Å². The number of rotatable bonds is 5. The molecule has 11 heteroatoms. The first-order valence-electron chi connectivity index (χ1n) is 11.4. The lowest BCUT2D eigenvalue weighted by Gasteiger charge is -2.39. The van der Waals surface area contributed by atoms with Crippen LogP contribution >= 0.6 is 0 Å². The number of halogens is 4. The number of aldehydes is 1. The quantitative estimate of drug-likeness (QED) is 0.388. The maximum atomic E-state index is 15.4. The Balaban J connectivity index is 1.82. The molecule has 0 spiro atoms. The minimum atomic E-state index is -4.94. The first kappa shape index (κ1) is 26.1. The highest BCUT2D eigenvalue weighted by atomic mass is 19.4. The Hall–Kier alpha value is -3.99. The van der Waals surface area contributed by atoms with Crippen LogP contribution in [0.5, 0.6) is 0 Å². The van der Waals surface area contributed by atoms with Crippen molar-refractivity contribution in [3.63, 3.8) is 0 Å². The molecule has 4 rings (SSSR count). The molecule has 1 aromatic heterocycles. The predicted octanol–water partition coefficient (Wildman–Crippen LogP) is 4.40. The molecule has 1 amide bonds. The van der Waals surface area contributed by atoms with Crippen LogP contribution < -0.4 is 15.8 Å². The fourth-order valence-electron chi connectivity index (χ4n) is 4.28. The third-order valence-electron chi connectivity index (χ3n) is 6.44. The average molecular weight is 516 g/mol. The third kappa shape index (κ3) is 5.56. The van der Waals surface area contributed by atoms with Gasteiger partial charge in [0, 0.05) is 49.1 Å². The molecular weight excluding hydrogens is 492 g/mol. The lowest BCUT2D eigenvalue weighted by molar-refractivity contribution is -0.138. The summed E-state index contributed by atoms with van der Waals surface area (Å²) in [5.74, 6) is -1.74. The molecule has 0 saturated carbocycles. The van der Waals surface area contributed by atoms with Gasteiger partial charge in [-0.15, -0.1) is 0 Å². The molecule has 2 N–H and O–H groups in total. The first-order valence-corrected chi connectivity index (χ1v) is 11.4. The number of carbonyl (C=O) groups excluding carboxylic acids is 2. The number of likely N-dealkylation sites (N-methyl/N-ethyl adjacent to an activating group) is 1. The van der Waals surface area contributed by atoms with Gasteiger partial charge in [0.1, 0.15) is 12.1 Å². The molecule has 194 valence electrons. The SMILES string of the molecule is C[C@H]1CN(c2cc(F)c(-c3cccc(C=O)c3)cc2NC(=O)c2c[nH]c(=O)cc2C(F)(F)F)CCN1C. The predicted molar refractivity (Wildman–Crippen MR) is 132 cm³/mol. The van der Waals surface area contributed by atoms with Gasteiger partial charge in [-0.2, -0.15) is 13.2 Å². The molecule has 0 aliphatic carbocycles. The second-order valence-corrected chi connectivity index (χ2v) is 8.94. The highest BCUT2D eigenvalue weighted by molar-refractivity contribution is 6.07. The number of amides is 1. The summed E-state index contributed by atoms with van der Waals surface area (Å²) >= 11 is 0. The van der Waals surface area contributed by atoms with Gasteiger partial charge in [-0.25, -0.2) is 4.39 Å². The smallest absolute Gasteiger partial charge is 0.367 e. The van der Waals surface area contributed by atoms with Gasteiger partial charge in [-0.1, -0.05) is 18.2 Å². The normalized spacial score (nSPS) is 16.5. The maximum absolute atomic E-state index is 15.4. The number of pyridine rings is 1. The minimum absolute atomic E-state index is 0.0578. The van der Waals surface area contributed by atoms with E-state index in [0.29, 0.717) is 55.0 Å². The van der Waals surface area contributed by atoms with E-state index in [1.807, 2.05) is 18.9 Å². The molecule has 3 aromatic rings. The summed E-state index contributed by atoms with van der Waals surface area (Å²) in [7, 11) is 1.95. The molecule has 1 aliphatic heterocycles. The number of anilines is 2. The van der Waals surface area contributed by atoms with Gasteiger partial charge in [0.05, 0.1) is 22.5 Å². The van der Waals surface area contributed by atoms with Crippen LogP contribution in [0.4, 0.5) is 28.9 Å². The van der Waals surface area contributed by atoms with Gasteiger partial charge in [-0.3, -0.25) is 14.4 Å². The average Bonchev–Trinajstić information content (AvgIpc) is 2.86. The van der Waals surface area contributed by atoms with Crippen LogP contribution in [0.25, 0.3) is 11.1 Å². The number of aromatic nitrogens is 1. The number of piperazine rings is 1. The number of nitrogens with one attached hydrogen (secondary N) is 2. The van der Waals surface area contributed by atoms with Crippen LogP contribution in [0, 0.1) is 5.82 Å². The largest absolute Gasteiger partial charge is 0.417 e. The number of hydrogen-bond donors (Lipinski definition) is 2. The fourth-order valence-corrected chi connectivity index (χ4v) is 4.28. The highest BCUT2D eigenvalue weighted by Crippen LogP contribution is 2.37. The Morgan fingerprint density at radius 1 is 1.16 bits per heavy atom. The maximum Gasteiger partial charge on any atom is 0.417 e. The van der Waals surface area contributed by atoms with Gasteiger partial charge in [0.15, 0.2) is 0 Å². The molecule has 1 fully saturated rings. The summed E-state index contributed by atoms with van der Waals surface area (Å²) in [5.41, 5.74) is -2.05. The minimum Gasteiger partial charge on any atom is -0.367 e. The zero-order chi connectivity index (χ0) is 26.9. The van der Waals surface area contributed by atoms with E-state index in [9.17, 15) is 27.6 Å². The molecule has 37 heavy (non-hydrogen) atoms. The van der Waals surface area contributed by atoms with E-state index in [0.717, 1.165) is 0 Å². The molecule has 1 aliphatic rings. The first-order chi connectivity index (χ1) is 17.5. The summed E-state index contributed by atoms with van der Waals surface area (Å²) in [6, 6.07) is 9.16. The van der Waals surface area contributed by atoms with Crippen LogP contribution in [0.1, 0.15) is 33.2 Å². The summed E-state index contributed by atoms with van der Waals surface area (Å²) in [6.07, 6.45) is -3.63. The van der Waals surface area contributed by atoms with Crippen LogP contribution in [0.3, 0.4) is 0 Å². The van der Waals surface area contributed by atoms with E-state index in [2.05, 4.69) is 15.2 Å².